The maximum atomic E-state index is 11.6. The number of halogens is 1. The Morgan fingerprint density at radius 2 is 2.43 bits per heavy atom. The first-order valence-electron chi connectivity index (χ1n) is 4.95. The third-order valence-corrected chi connectivity index (χ3v) is 2.41. The van der Waals surface area contributed by atoms with Crippen LogP contribution in [0.5, 0.6) is 0 Å². The number of rotatable bonds is 3. The number of amides is 1. The normalized spacial score (nSPS) is 23.4. The van der Waals surface area contributed by atoms with E-state index >= 15 is 0 Å². The van der Waals surface area contributed by atoms with Crippen LogP contribution in [-0.2, 0) is 4.79 Å². The second-order valence-corrected chi connectivity index (χ2v) is 3.69. The Kier molecular flexibility index (Phi) is 6.87. The Bertz CT molecular complexity index is 171. The van der Waals surface area contributed by atoms with Gasteiger partial charge in [-0.2, -0.15) is 0 Å². The van der Waals surface area contributed by atoms with Crippen LogP contribution in [0.25, 0.3) is 0 Å². The highest BCUT2D eigenvalue weighted by Crippen LogP contribution is 2.09. The lowest BCUT2D eigenvalue weighted by atomic mass is 9.98. The van der Waals surface area contributed by atoms with Gasteiger partial charge in [0.05, 0.1) is 5.92 Å². The zero-order valence-electron chi connectivity index (χ0n) is 8.58. The van der Waals surface area contributed by atoms with Gasteiger partial charge in [0.2, 0.25) is 5.91 Å². The van der Waals surface area contributed by atoms with Crippen LogP contribution in [0.1, 0.15) is 19.8 Å². The van der Waals surface area contributed by atoms with E-state index in [9.17, 15) is 4.79 Å². The van der Waals surface area contributed by atoms with Crippen molar-refractivity contribution in [3.63, 3.8) is 0 Å². The molecule has 0 aromatic carbocycles. The fourth-order valence-electron chi connectivity index (χ4n) is 1.50. The monoisotopic (exact) mass is 221 g/mol. The summed E-state index contributed by atoms with van der Waals surface area (Å²) in [6.45, 7) is 4.28. The molecule has 1 rings (SSSR count). The highest BCUT2D eigenvalue weighted by atomic mass is 35.5. The van der Waals surface area contributed by atoms with Crippen molar-refractivity contribution in [1.82, 2.24) is 10.6 Å². The zero-order valence-corrected chi connectivity index (χ0v) is 9.40. The third kappa shape index (κ3) is 4.26. The van der Waals surface area contributed by atoms with E-state index in [1.165, 1.54) is 0 Å². The van der Waals surface area contributed by atoms with Crippen molar-refractivity contribution in [1.29, 1.82) is 0 Å². The van der Waals surface area contributed by atoms with Crippen molar-refractivity contribution >= 4 is 18.3 Å². The van der Waals surface area contributed by atoms with Gasteiger partial charge in [-0.15, -0.1) is 12.4 Å². The lowest BCUT2D eigenvalue weighted by molar-refractivity contribution is -0.126. The van der Waals surface area contributed by atoms with Crippen molar-refractivity contribution in [3.8, 4) is 0 Å². The molecule has 1 aliphatic rings. The number of hydrogen-bond donors (Lipinski definition) is 3. The number of nitrogens with one attached hydrogen (secondary N) is 2. The minimum absolute atomic E-state index is 0. The van der Waals surface area contributed by atoms with Gasteiger partial charge in [-0.05, 0) is 26.3 Å². The predicted molar refractivity (Wildman–Crippen MR) is 59.5 cm³/mol. The first-order valence-corrected chi connectivity index (χ1v) is 4.95. The van der Waals surface area contributed by atoms with Crippen molar-refractivity contribution in [3.05, 3.63) is 0 Å². The molecule has 1 aliphatic heterocycles. The highest BCUT2D eigenvalue weighted by Gasteiger charge is 2.21. The van der Waals surface area contributed by atoms with Crippen LogP contribution >= 0.6 is 12.4 Å². The van der Waals surface area contributed by atoms with Crippen LogP contribution in [-0.4, -0.2) is 31.6 Å². The summed E-state index contributed by atoms with van der Waals surface area (Å²) >= 11 is 0. The SMILES string of the molecule is C[C@@H](CN)NC(=O)[C@@H]1CCCNC1.Cl. The average molecular weight is 222 g/mol. The molecule has 84 valence electrons. The Hall–Kier alpha value is -0.320. The molecule has 0 unspecified atom stereocenters. The largest absolute Gasteiger partial charge is 0.352 e. The summed E-state index contributed by atoms with van der Waals surface area (Å²) in [6.07, 6.45) is 2.09. The van der Waals surface area contributed by atoms with Gasteiger partial charge in [0.25, 0.3) is 0 Å². The summed E-state index contributed by atoms with van der Waals surface area (Å²) in [5.74, 6) is 0.285. The van der Waals surface area contributed by atoms with Crippen molar-refractivity contribution in [2.75, 3.05) is 19.6 Å². The molecule has 0 radical (unpaired) electrons. The van der Waals surface area contributed by atoms with Gasteiger partial charge in [0.1, 0.15) is 0 Å². The van der Waals surface area contributed by atoms with Crippen LogP contribution in [0, 0.1) is 5.92 Å². The molecule has 4 nitrogen and oxygen atoms in total. The number of hydrogen-bond acceptors (Lipinski definition) is 3. The van der Waals surface area contributed by atoms with Gasteiger partial charge in [0.15, 0.2) is 0 Å². The third-order valence-electron chi connectivity index (χ3n) is 2.41. The summed E-state index contributed by atoms with van der Waals surface area (Å²) in [5.41, 5.74) is 5.42. The van der Waals surface area contributed by atoms with Crippen LogP contribution in [0.4, 0.5) is 0 Å². The summed E-state index contributed by atoms with van der Waals surface area (Å²) in [4.78, 5) is 11.6. The van der Waals surface area contributed by atoms with Gasteiger partial charge >= 0.3 is 0 Å². The van der Waals surface area contributed by atoms with E-state index in [4.69, 9.17) is 5.73 Å². The van der Waals surface area contributed by atoms with E-state index in [-0.39, 0.29) is 30.3 Å². The minimum atomic E-state index is 0. The first-order chi connectivity index (χ1) is 6.24. The number of carbonyl (C=O) groups excluding carboxylic acids is 1. The molecular weight excluding hydrogens is 202 g/mol. The van der Waals surface area contributed by atoms with Crippen molar-refractivity contribution < 1.29 is 4.79 Å². The van der Waals surface area contributed by atoms with Gasteiger partial charge < -0.3 is 16.4 Å². The summed E-state index contributed by atoms with van der Waals surface area (Å²) < 4.78 is 0. The molecule has 14 heavy (non-hydrogen) atoms. The van der Waals surface area contributed by atoms with Gasteiger partial charge in [-0.1, -0.05) is 0 Å². The zero-order chi connectivity index (χ0) is 9.68. The highest BCUT2D eigenvalue weighted by molar-refractivity contribution is 5.85. The van der Waals surface area contributed by atoms with E-state index in [0.717, 1.165) is 25.9 Å². The molecule has 1 saturated heterocycles. The summed E-state index contributed by atoms with van der Waals surface area (Å²) in [6, 6.07) is 0.0921. The predicted octanol–water partition coefficient (Wildman–Crippen LogP) is -0.129. The van der Waals surface area contributed by atoms with Crippen LogP contribution < -0.4 is 16.4 Å². The van der Waals surface area contributed by atoms with Crippen LogP contribution in [0.2, 0.25) is 0 Å². The molecule has 5 heteroatoms. The summed E-state index contributed by atoms with van der Waals surface area (Å²) in [7, 11) is 0. The Balaban J connectivity index is 0.00000169. The Morgan fingerprint density at radius 1 is 1.71 bits per heavy atom. The molecule has 0 aromatic rings. The van der Waals surface area contributed by atoms with E-state index < -0.39 is 0 Å². The number of piperidine rings is 1. The van der Waals surface area contributed by atoms with Crippen LogP contribution in [0.3, 0.4) is 0 Å². The van der Waals surface area contributed by atoms with E-state index in [1.807, 2.05) is 6.92 Å². The fraction of sp³-hybridized carbons (Fsp3) is 0.889. The van der Waals surface area contributed by atoms with E-state index in [2.05, 4.69) is 10.6 Å². The summed E-state index contributed by atoms with van der Waals surface area (Å²) in [5, 5.41) is 6.11. The number of nitrogens with two attached hydrogens (primary N) is 1. The Labute approximate surface area is 91.4 Å². The topological polar surface area (TPSA) is 67.1 Å². The second kappa shape index (κ2) is 7.04. The standard InChI is InChI=1S/C9H19N3O.ClH/c1-7(5-10)12-9(13)8-3-2-4-11-6-8;/h7-8,11H,2-6,10H2,1H3,(H,12,13);1H/t7-,8+;/m0./s1. The molecular formula is C9H20ClN3O. The molecule has 2 atom stereocenters. The fourth-order valence-corrected chi connectivity index (χ4v) is 1.50. The Morgan fingerprint density at radius 3 is 2.93 bits per heavy atom. The second-order valence-electron chi connectivity index (χ2n) is 3.69. The smallest absolute Gasteiger partial charge is 0.224 e. The maximum Gasteiger partial charge on any atom is 0.224 e. The molecule has 1 heterocycles. The minimum Gasteiger partial charge on any atom is -0.352 e. The van der Waals surface area contributed by atoms with Gasteiger partial charge in [0, 0.05) is 19.1 Å². The first kappa shape index (κ1) is 13.7. The molecule has 4 N–H and O–H groups in total. The molecule has 0 spiro atoms. The van der Waals surface area contributed by atoms with Crippen LogP contribution in [0.15, 0.2) is 0 Å². The molecule has 1 fully saturated rings. The van der Waals surface area contributed by atoms with Gasteiger partial charge in [-0.3, -0.25) is 4.79 Å². The molecule has 0 saturated carbocycles. The van der Waals surface area contributed by atoms with Gasteiger partial charge in [-0.25, -0.2) is 0 Å². The lowest BCUT2D eigenvalue weighted by Gasteiger charge is -2.23. The van der Waals surface area contributed by atoms with E-state index in [1.54, 1.807) is 0 Å². The lowest BCUT2D eigenvalue weighted by Crippen LogP contribution is -2.45. The maximum absolute atomic E-state index is 11.6. The molecule has 1 amide bonds. The molecule has 0 aromatic heterocycles. The van der Waals surface area contributed by atoms with Crippen molar-refractivity contribution in [2.24, 2.45) is 11.7 Å². The quantitative estimate of drug-likeness (QED) is 0.622. The average Bonchev–Trinajstić information content (AvgIpc) is 2.19. The number of carbonyl (C=O) groups is 1. The molecule has 0 aliphatic carbocycles. The van der Waals surface area contributed by atoms with Crippen molar-refractivity contribution in [2.45, 2.75) is 25.8 Å². The van der Waals surface area contributed by atoms with E-state index in [0.29, 0.717) is 6.54 Å². The molecule has 0 bridgehead atoms.